The molecule has 0 spiro atoms. The molecule has 0 bridgehead atoms. The zero-order valence-corrected chi connectivity index (χ0v) is 18.5. The maximum absolute atomic E-state index is 13.7. The Balaban J connectivity index is 1.39. The quantitative estimate of drug-likeness (QED) is 0.260. The third-order valence-corrected chi connectivity index (χ3v) is 5.74. The minimum absolute atomic E-state index is 0.281. The molecule has 2 aromatic heterocycles. The average Bonchev–Trinajstić information content (AvgIpc) is 3.29. The Labute approximate surface area is 194 Å². The Kier molecular flexibility index (Phi) is 7.24. The molecule has 1 N–H and O–H groups in total. The van der Waals surface area contributed by atoms with E-state index in [9.17, 15) is 13.2 Å². The Morgan fingerprint density at radius 3 is 2.58 bits per heavy atom. The molecule has 0 saturated carbocycles. The fraction of sp³-hybridized carbons (Fsp3) is 0.200. The number of pyridine rings is 1. The first-order valence-corrected chi connectivity index (χ1v) is 11.4. The van der Waals surface area contributed by atoms with Gasteiger partial charge in [-0.2, -0.15) is 13.2 Å². The van der Waals surface area contributed by atoms with Gasteiger partial charge in [0.2, 0.25) is 0 Å². The number of hydrogen-bond acceptors (Lipinski definition) is 5. The van der Waals surface area contributed by atoms with Gasteiger partial charge in [-0.1, -0.05) is 24.3 Å². The van der Waals surface area contributed by atoms with Gasteiger partial charge in [-0.15, -0.1) is 11.3 Å². The summed E-state index contributed by atoms with van der Waals surface area (Å²) in [5.74, 6) is 0.762. The van der Waals surface area contributed by atoms with Gasteiger partial charge in [-0.25, -0.2) is 4.98 Å². The van der Waals surface area contributed by atoms with E-state index in [1.54, 1.807) is 24.5 Å². The van der Waals surface area contributed by atoms with Gasteiger partial charge in [0, 0.05) is 29.0 Å². The summed E-state index contributed by atoms with van der Waals surface area (Å²) in [7, 11) is 0. The molecule has 0 aliphatic carbocycles. The van der Waals surface area contributed by atoms with E-state index >= 15 is 0 Å². The fourth-order valence-corrected chi connectivity index (χ4v) is 4.10. The van der Waals surface area contributed by atoms with Gasteiger partial charge in [0.1, 0.15) is 5.75 Å². The molecule has 2 aromatic carbocycles. The number of unbranched alkanes of at least 4 members (excludes halogenated alkanes) is 1. The van der Waals surface area contributed by atoms with Crippen LogP contribution in [0.5, 0.6) is 5.75 Å². The molecule has 0 radical (unpaired) electrons. The van der Waals surface area contributed by atoms with Crippen LogP contribution < -0.4 is 10.1 Å². The SMILES string of the molecule is FC(F)(F)c1cc(Nc2nc(-c3cccnc3)cs2)ccc1CCCCOc1ccccc1. The molecule has 4 aromatic rings. The lowest BCUT2D eigenvalue weighted by Crippen LogP contribution is -2.10. The van der Waals surface area contributed by atoms with E-state index in [0.717, 1.165) is 23.1 Å². The highest BCUT2D eigenvalue weighted by atomic mass is 32.1. The van der Waals surface area contributed by atoms with Crippen LogP contribution in [-0.2, 0) is 12.6 Å². The first-order chi connectivity index (χ1) is 16.0. The topological polar surface area (TPSA) is 47.0 Å². The zero-order valence-electron chi connectivity index (χ0n) is 17.7. The summed E-state index contributed by atoms with van der Waals surface area (Å²) in [6, 6.07) is 17.4. The molecule has 8 heteroatoms. The predicted octanol–water partition coefficient (Wildman–Crippen LogP) is 7.37. The van der Waals surface area contributed by atoms with E-state index in [1.165, 1.54) is 11.3 Å². The summed E-state index contributed by atoms with van der Waals surface area (Å²) in [6.07, 6.45) is 0.533. The second-order valence-electron chi connectivity index (χ2n) is 7.39. The highest BCUT2D eigenvalue weighted by Gasteiger charge is 2.33. The largest absolute Gasteiger partial charge is 0.494 e. The molecule has 0 unspecified atom stereocenters. The van der Waals surface area contributed by atoms with Crippen LogP contribution in [0.1, 0.15) is 24.0 Å². The van der Waals surface area contributed by atoms with Crippen molar-refractivity contribution in [2.24, 2.45) is 0 Å². The molecule has 2 heterocycles. The lowest BCUT2D eigenvalue weighted by atomic mass is 10.0. The van der Waals surface area contributed by atoms with E-state index in [-0.39, 0.29) is 5.56 Å². The molecule has 0 amide bonds. The third-order valence-electron chi connectivity index (χ3n) is 4.98. The van der Waals surface area contributed by atoms with E-state index in [1.807, 2.05) is 47.8 Å². The van der Waals surface area contributed by atoms with Crippen LogP contribution in [0, 0.1) is 0 Å². The van der Waals surface area contributed by atoms with Gasteiger partial charge in [0.15, 0.2) is 5.13 Å². The van der Waals surface area contributed by atoms with Crippen LogP contribution in [0.15, 0.2) is 78.4 Å². The van der Waals surface area contributed by atoms with Gasteiger partial charge < -0.3 is 10.1 Å². The van der Waals surface area contributed by atoms with Crippen LogP contribution in [0.2, 0.25) is 0 Å². The van der Waals surface area contributed by atoms with E-state index < -0.39 is 11.7 Å². The Hall–Kier alpha value is -3.39. The lowest BCUT2D eigenvalue weighted by Gasteiger charge is -2.15. The maximum Gasteiger partial charge on any atom is 0.416 e. The van der Waals surface area contributed by atoms with Crippen molar-refractivity contribution in [2.45, 2.75) is 25.4 Å². The molecule has 0 atom stereocenters. The molecule has 0 aliphatic rings. The van der Waals surface area contributed by atoms with Crippen molar-refractivity contribution in [3.8, 4) is 17.0 Å². The highest BCUT2D eigenvalue weighted by Crippen LogP contribution is 2.36. The number of alkyl halides is 3. The first-order valence-electron chi connectivity index (χ1n) is 10.5. The Morgan fingerprint density at radius 1 is 0.970 bits per heavy atom. The second kappa shape index (κ2) is 10.5. The standard InChI is InChI=1S/C25H22F3N3OS/c26-25(27,28)22-15-20(30-24-31-23(17-33-24)19-8-6-13-29-16-19)12-11-18(22)7-4-5-14-32-21-9-2-1-3-10-21/h1-3,6,8-13,15-17H,4-5,7,14H2,(H,30,31). The predicted molar refractivity (Wildman–Crippen MR) is 125 cm³/mol. The van der Waals surface area contributed by atoms with Crippen LogP contribution in [0.25, 0.3) is 11.3 Å². The summed E-state index contributed by atoms with van der Waals surface area (Å²) in [5.41, 5.74) is 1.58. The summed E-state index contributed by atoms with van der Waals surface area (Å²) in [6.45, 7) is 0.467. The average molecular weight is 470 g/mol. The van der Waals surface area contributed by atoms with E-state index in [0.29, 0.717) is 36.7 Å². The second-order valence-corrected chi connectivity index (χ2v) is 8.25. The van der Waals surface area contributed by atoms with Crippen molar-refractivity contribution >= 4 is 22.2 Å². The summed E-state index contributed by atoms with van der Waals surface area (Å²) in [4.78, 5) is 8.52. The van der Waals surface area contributed by atoms with Crippen molar-refractivity contribution in [1.29, 1.82) is 0 Å². The number of benzene rings is 2. The van der Waals surface area contributed by atoms with Crippen molar-refractivity contribution in [3.63, 3.8) is 0 Å². The van der Waals surface area contributed by atoms with Gasteiger partial charge in [-0.3, -0.25) is 4.98 Å². The number of halogens is 3. The minimum atomic E-state index is -4.43. The monoisotopic (exact) mass is 469 g/mol. The number of rotatable bonds is 9. The normalized spacial score (nSPS) is 11.4. The minimum Gasteiger partial charge on any atom is -0.494 e. The third kappa shape index (κ3) is 6.32. The van der Waals surface area contributed by atoms with Gasteiger partial charge in [0.25, 0.3) is 0 Å². The fourth-order valence-electron chi connectivity index (χ4n) is 3.36. The first kappa shape index (κ1) is 22.8. The van der Waals surface area contributed by atoms with Crippen molar-refractivity contribution in [1.82, 2.24) is 9.97 Å². The number of nitrogens with one attached hydrogen (secondary N) is 1. The molecule has 33 heavy (non-hydrogen) atoms. The summed E-state index contributed by atoms with van der Waals surface area (Å²) >= 11 is 1.33. The van der Waals surface area contributed by atoms with Gasteiger partial charge in [-0.05, 0) is 61.2 Å². The molecular weight excluding hydrogens is 447 g/mol. The van der Waals surface area contributed by atoms with Crippen molar-refractivity contribution < 1.29 is 17.9 Å². The molecule has 4 nitrogen and oxygen atoms in total. The van der Waals surface area contributed by atoms with Crippen LogP contribution in [-0.4, -0.2) is 16.6 Å². The Morgan fingerprint density at radius 2 is 1.82 bits per heavy atom. The number of ether oxygens (including phenoxy) is 1. The lowest BCUT2D eigenvalue weighted by molar-refractivity contribution is -0.138. The molecule has 4 rings (SSSR count). The number of anilines is 2. The molecule has 0 aliphatic heterocycles. The van der Waals surface area contributed by atoms with Crippen molar-refractivity contribution in [2.75, 3.05) is 11.9 Å². The molecule has 0 saturated heterocycles. The van der Waals surface area contributed by atoms with Crippen molar-refractivity contribution in [3.05, 3.63) is 89.6 Å². The number of aryl methyl sites for hydroxylation is 1. The van der Waals surface area contributed by atoms with E-state index in [4.69, 9.17) is 4.74 Å². The molecular formula is C25H22F3N3OS. The number of thiazole rings is 1. The zero-order chi connectivity index (χ0) is 23.1. The number of aromatic nitrogens is 2. The summed E-state index contributed by atoms with van der Waals surface area (Å²) in [5, 5.41) is 5.36. The van der Waals surface area contributed by atoms with Crippen LogP contribution in [0.3, 0.4) is 0 Å². The van der Waals surface area contributed by atoms with Crippen LogP contribution >= 0.6 is 11.3 Å². The number of hydrogen-bond donors (Lipinski definition) is 1. The summed E-state index contributed by atoms with van der Waals surface area (Å²) < 4.78 is 46.8. The van der Waals surface area contributed by atoms with Gasteiger partial charge >= 0.3 is 6.18 Å². The number of nitrogens with zero attached hydrogens (tertiary/aromatic N) is 2. The molecule has 170 valence electrons. The number of para-hydroxylation sites is 1. The van der Waals surface area contributed by atoms with Crippen LogP contribution in [0.4, 0.5) is 24.0 Å². The molecule has 0 fully saturated rings. The smallest absolute Gasteiger partial charge is 0.416 e. The van der Waals surface area contributed by atoms with Gasteiger partial charge in [0.05, 0.1) is 17.9 Å². The Bertz CT molecular complexity index is 1160. The van der Waals surface area contributed by atoms with E-state index in [2.05, 4.69) is 15.3 Å². The highest BCUT2D eigenvalue weighted by molar-refractivity contribution is 7.14. The maximum atomic E-state index is 13.7.